The molecule has 2 heterocycles. The monoisotopic (exact) mass is 371 g/mol. The molecule has 140 valence electrons. The van der Waals surface area contributed by atoms with Gasteiger partial charge in [-0.1, -0.05) is 48.5 Å². The Balaban J connectivity index is 1.77. The number of carbonyl (C=O) groups excluding carboxylic acids is 1. The SMILES string of the molecule is CCOC(=O)c1oc2c(c1C)-c1[nH]c3ccccc3c1C(c1ccccc1)C2. The molecule has 0 aliphatic heterocycles. The maximum Gasteiger partial charge on any atom is 0.374 e. The molecule has 1 unspecified atom stereocenters. The van der Waals surface area contributed by atoms with E-state index >= 15 is 0 Å². The predicted octanol–water partition coefficient (Wildman–Crippen LogP) is 5.60. The Labute approximate surface area is 163 Å². The minimum absolute atomic E-state index is 0.167. The molecule has 0 spiro atoms. The Morgan fingerprint density at radius 2 is 1.89 bits per heavy atom. The second-order valence-corrected chi connectivity index (χ2v) is 7.20. The van der Waals surface area contributed by atoms with Crippen LogP contribution in [0.1, 0.15) is 45.8 Å². The van der Waals surface area contributed by atoms with Crippen LogP contribution in [-0.2, 0) is 11.2 Å². The van der Waals surface area contributed by atoms with Crippen molar-refractivity contribution in [1.29, 1.82) is 0 Å². The predicted molar refractivity (Wildman–Crippen MR) is 109 cm³/mol. The lowest BCUT2D eigenvalue weighted by molar-refractivity contribution is 0.0487. The third kappa shape index (κ3) is 2.41. The van der Waals surface area contributed by atoms with Crippen molar-refractivity contribution >= 4 is 16.9 Å². The van der Waals surface area contributed by atoms with Crippen molar-refractivity contribution in [3.8, 4) is 11.3 Å². The van der Waals surface area contributed by atoms with Crippen LogP contribution >= 0.6 is 0 Å². The number of fused-ring (bicyclic) bond motifs is 5. The van der Waals surface area contributed by atoms with Crippen LogP contribution in [0.2, 0.25) is 0 Å². The number of rotatable bonds is 3. The molecule has 5 rings (SSSR count). The molecule has 1 aliphatic carbocycles. The average molecular weight is 371 g/mol. The van der Waals surface area contributed by atoms with Crippen LogP contribution in [0.25, 0.3) is 22.2 Å². The normalized spacial score (nSPS) is 15.3. The minimum atomic E-state index is -0.400. The van der Waals surface area contributed by atoms with E-state index in [0.29, 0.717) is 18.8 Å². The number of nitrogens with one attached hydrogen (secondary N) is 1. The van der Waals surface area contributed by atoms with Gasteiger partial charge in [0.15, 0.2) is 0 Å². The summed E-state index contributed by atoms with van der Waals surface area (Å²) in [5.74, 6) is 0.919. The van der Waals surface area contributed by atoms with Crippen LogP contribution in [0.4, 0.5) is 0 Å². The number of furan rings is 1. The lowest BCUT2D eigenvalue weighted by atomic mass is 9.79. The van der Waals surface area contributed by atoms with E-state index in [9.17, 15) is 4.79 Å². The number of para-hydroxylation sites is 1. The van der Waals surface area contributed by atoms with Crippen molar-refractivity contribution in [2.45, 2.75) is 26.2 Å². The van der Waals surface area contributed by atoms with Gasteiger partial charge < -0.3 is 14.1 Å². The smallest absolute Gasteiger partial charge is 0.374 e. The van der Waals surface area contributed by atoms with Crippen molar-refractivity contribution in [2.75, 3.05) is 6.61 Å². The van der Waals surface area contributed by atoms with Crippen molar-refractivity contribution in [2.24, 2.45) is 0 Å². The zero-order valence-corrected chi connectivity index (χ0v) is 15.9. The van der Waals surface area contributed by atoms with Gasteiger partial charge in [-0.05, 0) is 31.0 Å². The van der Waals surface area contributed by atoms with E-state index in [1.165, 1.54) is 16.5 Å². The van der Waals surface area contributed by atoms with Crippen molar-refractivity contribution in [3.05, 3.63) is 82.8 Å². The average Bonchev–Trinajstić information content (AvgIpc) is 3.26. The summed E-state index contributed by atoms with van der Waals surface area (Å²) in [5.41, 5.74) is 6.50. The van der Waals surface area contributed by atoms with Gasteiger partial charge in [0.2, 0.25) is 5.76 Å². The fourth-order valence-corrected chi connectivity index (χ4v) is 4.42. The molecular formula is C24H21NO3. The fraction of sp³-hybridized carbons (Fsp3) is 0.208. The van der Waals surface area contributed by atoms with Crippen molar-refractivity contribution < 1.29 is 13.9 Å². The number of carbonyl (C=O) groups is 1. The van der Waals surface area contributed by atoms with Gasteiger partial charge in [0.1, 0.15) is 5.76 Å². The summed E-state index contributed by atoms with van der Waals surface area (Å²) < 4.78 is 11.3. The largest absolute Gasteiger partial charge is 0.460 e. The summed E-state index contributed by atoms with van der Waals surface area (Å²) in [4.78, 5) is 16.0. The second-order valence-electron chi connectivity index (χ2n) is 7.20. The molecule has 2 aromatic heterocycles. The highest BCUT2D eigenvalue weighted by molar-refractivity contribution is 5.97. The van der Waals surface area contributed by atoms with E-state index in [-0.39, 0.29) is 5.92 Å². The van der Waals surface area contributed by atoms with E-state index in [0.717, 1.165) is 28.1 Å². The van der Waals surface area contributed by atoms with Gasteiger partial charge in [0.05, 0.1) is 12.3 Å². The van der Waals surface area contributed by atoms with E-state index in [2.05, 4.69) is 47.4 Å². The van der Waals surface area contributed by atoms with Gasteiger partial charge in [-0.2, -0.15) is 0 Å². The maximum absolute atomic E-state index is 12.4. The molecule has 1 aliphatic rings. The standard InChI is InChI=1S/C24H21NO3/c1-3-27-24(26)23-14(2)20-19(28-23)13-17(15-9-5-4-6-10-15)21-16-11-7-8-12-18(16)25-22(20)21/h4-12,17,25H,3,13H2,1-2H3. The van der Waals surface area contributed by atoms with Gasteiger partial charge in [-0.15, -0.1) is 0 Å². The van der Waals surface area contributed by atoms with Crippen molar-refractivity contribution in [3.63, 3.8) is 0 Å². The first-order chi connectivity index (χ1) is 13.7. The molecule has 0 radical (unpaired) electrons. The number of aromatic amines is 1. The van der Waals surface area contributed by atoms with Crippen LogP contribution in [0.15, 0.2) is 59.0 Å². The summed E-state index contributed by atoms with van der Waals surface area (Å²) in [5, 5.41) is 1.22. The minimum Gasteiger partial charge on any atom is -0.460 e. The van der Waals surface area contributed by atoms with E-state index in [1.54, 1.807) is 6.92 Å². The first-order valence-corrected chi connectivity index (χ1v) is 9.64. The number of hydrogen-bond acceptors (Lipinski definition) is 3. The molecule has 2 aromatic carbocycles. The van der Waals surface area contributed by atoms with Crippen LogP contribution in [0.5, 0.6) is 0 Å². The van der Waals surface area contributed by atoms with Gasteiger partial charge >= 0.3 is 5.97 Å². The Hall–Kier alpha value is -3.27. The number of ether oxygens (including phenoxy) is 1. The van der Waals surface area contributed by atoms with E-state index in [4.69, 9.17) is 9.15 Å². The van der Waals surface area contributed by atoms with Crippen LogP contribution < -0.4 is 0 Å². The molecule has 4 heteroatoms. The topological polar surface area (TPSA) is 55.2 Å². The van der Waals surface area contributed by atoms with E-state index < -0.39 is 5.97 Å². The zero-order valence-electron chi connectivity index (χ0n) is 15.9. The van der Waals surface area contributed by atoms with Gasteiger partial charge in [0, 0.05) is 34.4 Å². The number of hydrogen-bond donors (Lipinski definition) is 1. The Morgan fingerprint density at radius 1 is 1.14 bits per heavy atom. The molecule has 4 nitrogen and oxygen atoms in total. The second kappa shape index (κ2) is 6.41. The molecule has 0 saturated carbocycles. The third-order valence-corrected chi connectivity index (χ3v) is 5.62. The molecule has 1 atom stereocenters. The van der Waals surface area contributed by atoms with Crippen LogP contribution in [-0.4, -0.2) is 17.6 Å². The highest BCUT2D eigenvalue weighted by atomic mass is 16.5. The number of H-pyrrole nitrogens is 1. The summed E-state index contributed by atoms with van der Waals surface area (Å²) in [6.07, 6.45) is 0.717. The highest BCUT2D eigenvalue weighted by Gasteiger charge is 2.35. The lowest BCUT2D eigenvalue weighted by Crippen LogP contribution is -2.11. The summed E-state index contributed by atoms with van der Waals surface area (Å²) in [6.45, 7) is 4.07. The number of aromatic nitrogens is 1. The van der Waals surface area contributed by atoms with E-state index in [1.807, 2.05) is 19.1 Å². The van der Waals surface area contributed by atoms with Crippen LogP contribution in [0, 0.1) is 6.92 Å². The third-order valence-electron chi connectivity index (χ3n) is 5.62. The maximum atomic E-state index is 12.4. The van der Waals surface area contributed by atoms with Gasteiger partial charge in [-0.25, -0.2) is 4.79 Å². The molecule has 4 aromatic rings. The quantitative estimate of drug-likeness (QED) is 0.477. The number of benzene rings is 2. The zero-order chi connectivity index (χ0) is 19.3. The first-order valence-electron chi connectivity index (χ1n) is 9.64. The number of esters is 1. The Kier molecular flexibility index (Phi) is 3.86. The first kappa shape index (κ1) is 16.9. The molecule has 0 saturated heterocycles. The Morgan fingerprint density at radius 3 is 2.68 bits per heavy atom. The Bertz CT molecular complexity index is 1180. The summed E-state index contributed by atoms with van der Waals surface area (Å²) >= 11 is 0. The molecular weight excluding hydrogens is 350 g/mol. The van der Waals surface area contributed by atoms with Crippen molar-refractivity contribution in [1.82, 2.24) is 4.98 Å². The summed E-state index contributed by atoms with van der Waals surface area (Å²) in [7, 11) is 0. The highest BCUT2D eigenvalue weighted by Crippen LogP contribution is 2.48. The lowest BCUT2D eigenvalue weighted by Gasteiger charge is -2.23. The van der Waals surface area contributed by atoms with Gasteiger partial charge in [0.25, 0.3) is 0 Å². The van der Waals surface area contributed by atoms with Crippen LogP contribution in [0.3, 0.4) is 0 Å². The fourth-order valence-electron chi connectivity index (χ4n) is 4.42. The summed E-state index contributed by atoms with van der Waals surface area (Å²) in [6, 6.07) is 18.8. The molecule has 0 bridgehead atoms. The van der Waals surface area contributed by atoms with Gasteiger partial charge in [-0.3, -0.25) is 0 Å². The molecule has 1 N–H and O–H groups in total. The molecule has 0 fully saturated rings. The molecule has 0 amide bonds. The molecule has 28 heavy (non-hydrogen) atoms.